The maximum Gasteiger partial charge on any atom is 0.230 e. The van der Waals surface area contributed by atoms with Gasteiger partial charge < -0.3 is 10.2 Å². The van der Waals surface area contributed by atoms with Gasteiger partial charge in [0.2, 0.25) is 11.8 Å². The average Bonchev–Trinajstić information content (AvgIpc) is 3.65. The zero-order valence-corrected chi connectivity index (χ0v) is 18.0. The lowest BCUT2D eigenvalue weighted by atomic mass is 10.1. The SMILES string of the molecule is O=C(Cc1ccc(N(Cc2ccc(F)cc2)C(=O)C2CC2)cc1)NCCc1ccccc1. The fraction of sp³-hybridized carbons (Fsp3) is 0.259. The van der Waals surface area contributed by atoms with Crippen molar-refractivity contribution in [2.24, 2.45) is 5.92 Å². The van der Waals surface area contributed by atoms with Gasteiger partial charge in [0.25, 0.3) is 0 Å². The van der Waals surface area contributed by atoms with Gasteiger partial charge in [0.1, 0.15) is 5.82 Å². The fourth-order valence-corrected chi connectivity index (χ4v) is 3.65. The van der Waals surface area contributed by atoms with E-state index in [0.29, 0.717) is 19.5 Å². The Labute approximate surface area is 188 Å². The molecule has 32 heavy (non-hydrogen) atoms. The number of halogens is 1. The number of nitrogens with one attached hydrogen (secondary N) is 1. The Balaban J connectivity index is 1.35. The van der Waals surface area contributed by atoms with E-state index in [2.05, 4.69) is 5.32 Å². The van der Waals surface area contributed by atoms with E-state index in [9.17, 15) is 14.0 Å². The molecule has 1 N–H and O–H groups in total. The first kappa shape index (κ1) is 21.8. The van der Waals surface area contributed by atoms with Gasteiger partial charge in [-0.2, -0.15) is 0 Å². The summed E-state index contributed by atoms with van der Waals surface area (Å²) in [6, 6.07) is 23.8. The maximum absolute atomic E-state index is 13.2. The molecule has 2 amide bonds. The highest BCUT2D eigenvalue weighted by Gasteiger charge is 2.34. The van der Waals surface area contributed by atoms with Crippen molar-refractivity contribution in [3.8, 4) is 0 Å². The number of amides is 2. The lowest BCUT2D eigenvalue weighted by molar-refractivity contribution is -0.121. The molecule has 0 unspecified atom stereocenters. The van der Waals surface area contributed by atoms with Gasteiger partial charge in [-0.25, -0.2) is 4.39 Å². The molecule has 1 aliphatic rings. The lowest BCUT2D eigenvalue weighted by Gasteiger charge is -2.23. The maximum atomic E-state index is 13.2. The van der Waals surface area contributed by atoms with E-state index in [1.165, 1.54) is 17.7 Å². The Morgan fingerprint density at radius 3 is 2.16 bits per heavy atom. The predicted molar refractivity (Wildman–Crippen MR) is 124 cm³/mol. The number of carbonyl (C=O) groups excluding carboxylic acids is 2. The third kappa shape index (κ3) is 6.03. The summed E-state index contributed by atoms with van der Waals surface area (Å²) < 4.78 is 13.2. The molecule has 3 aromatic rings. The van der Waals surface area contributed by atoms with E-state index < -0.39 is 0 Å². The van der Waals surface area contributed by atoms with E-state index >= 15 is 0 Å². The molecule has 3 aromatic carbocycles. The first-order valence-corrected chi connectivity index (χ1v) is 11.0. The van der Waals surface area contributed by atoms with Crippen molar-refractivity contribution >= 4 is 17.5 Å². The number of nitrogens with zero attached hydrogens (tertiary/aromatic N) is 1. The van der Waals surface area contributed by atoms with Crippen LogP contribution in [0.4, 0.5) is 10.1 Å². The highest BCUT2D eigenvalue weighted by molar-refractivity contribution is 5.96. The molecule has 4 rings (SSSR count). The summed E-state index contributed by atoms with van der Waals surface area (Å²) in [6.07, 6.45) is 2.93. The highest BCUT2D eigenvalue weighted by atomic mass is 19.1. The quantitative estimate of drug-likeness (QED) is 0.536. The van der Waals surface area contributed by atoms with E-state index in [4.69, 9.17) is 0 Å². The van der Waals surface area contributed by atoms with Crippen molar-refractivity contribution in [3.63, 3.8) is 0 Å². The second kappa shape index (κ2) is 10.2. The summed E-state index contributed by atoms with van der Waals surface area (Å²) in [5.41, 5.74) is 3.76. The molecule has 5 heteroatoms. The van der Waals surface area contributed by atoms with Crippen molar-refractivity contribution in [1.29, 1.82) is 0 Å². The molecule has 164 valence electrons. The summed E-state index contributed by atoms with van der Waals surface area (Å²) >= 11 is 0. The first-order valence-electron chi connectivity index (χ1n) is 11.0. The third-order valence-electron chi connectivity index (χ3n) is 5.64. The summed E-state index contributed by atoms with van der Waals surface area (Å²) in [7, 11) is 0. The Morgan fingerprint density at radius 1 is 0.844 bits per heavy atom. The zero-order chi connectivity index (χ0) is 22.3. The largest absolute Gasteiger partial charge is 0.355 e. The normalized spacial score (nSPS) is 12.9. The lowest BCUT2D eigenvalue weighted by Crippen LogP contribution is -2.31. The van der Waals surface area contributed by atoms with Crippen molar-refractivity contribution in [1.82, 2.24) is 5.32 Å². The van der Waals surface area contributed by atoms with Crippen LogP contribution in [0.2, 0.25) is 0 Å². The van der Waals surface area contributed by atoms with Crippen LogP contribution < -0.4 is 10.2 Å². The molecule has 0 heterocycles. The van der Waals surface area contributed by atoms with Crippen LogP contribution in [-0.4, -0.2) is 18.4 Å². The minimum absolute atomic E-state index is 0.0223. The molecule has 0 aliphatic heterocycles. The molecule has 1 saturated carbocycles. The van der Waals surface area contributed by atoms with Gasteiger partial charge in [-0.05, 0) is 60.2 Å². The van der Waals surface area contributed by atoms with Crippen LogP contribution in [0.5, 0.6) is 0 Å². The number of hydrogen-bond acceptors (Lipinski definition) is 2. The van der Waals surface area contributed by atoms with Crippen LogP contribution in [0.3, 0.4) is 0 Å². The van der Waals surface area contributed by atoms with E-state index in [0.717, 1.165) is 36.1 Å². The topological polar surface area (TPSA) is 49.4 Å². The Morgan fingerprint density at radius 2 is 1.50 bits per heavy atom. The van der Waals surface area contributed by atoms with Gasteiger partial charge in [-0.15, -0.1) is 0 Å². The Kier molecular flexibility index (Phi) is 6.95. The smallest absolute Gasteiger partial charge is 0.230 e. The number of anilines is 1. The second-order valence-corrected chi connectivity index (χ2v) is 8.25. The molecule has 1 fully saturated rings. The van der Waals surface area contributed by atoms with Gasteiger partial charge in [-0.3, -0.25) is 9.59 Å². The minimum Gasteiger partial charge on any atom is -0.355 e. The molecule has 0 atom stereocenters. The van der Waals surface area contributed by atoms with Crippen molar-refractivity contribution in [2.45, 2.75) is 32.2 Å². The number of carbonyl (C=O) groups is 2. The van der Waals surface area contributed by atoms with Gasteiger partial charge in [-0.1, -0.05) is 54.6 Å². The standard InChI is InChI=1S/C27H27FN2O2/c28-24-12-6-22(7-13-24)19-30(27(32)23-10-11-23)25-14-8-21(9-15-25)18-26(31)29-17-16-20-4-2-1-3-5-20/h1-9,12-15,23H,10-11,16-19H2,(H,29,31). The summed E-state index contributed by atoms with van der Waals surface area (Å²) in [4.78, 5) is 26.9. The second-order valence-electron chi connectivity index (χ2n) is 8.25. The van der Waals surface area contributed by atoms with Crippen LogP contribution in [0.25, 0.3) is 0 Å². The molecule has 0 bridgehead atoms. The molecule has 0 saturated heterocycles. The zero-order valence-electron chi connectivity index (χ0n) is 18.0. The number of benzene rings is 3. The first-order chi connectivity index (χ1) is 15.6. The minimum atomic E-state index is -0.291. The predicted octanol–water partition coefficient (Wildman–Crippen LogP) is 4.67. The fourth-order valence-electron chi connectivity index (χ4n) is 3.65. The Bertz CT molecular complexity index is 1050. The van der Waals surface area contributed by atoms with Crippen molar-refractivity contribution in [2.75, 3.05) is 11.4 Å². The van der Waals surface area contributed by atoms with Gasteiger partial charge in [0.15, 0.2) is 0 Å². The summed E-state index contributed by atoms with van der Waals surface area (Å²) in [5.74, 6) is -0.141. The van der Waals surface area contributed by atoms with E-state index in [1.807, 2.05) is 54.6 Å². The molecule has 0 spiro atoms. The molecule has 0 aromatic heterocycles. The van der Waals surface area contributed by atoms with Gasteiger partial charge in [0, 0.05) is 18.2 Å². The van der Waals surface area contributed by atoms with Crippen LogP contribution in [0, 0.1) is 11.7 Å². The average molecular weight is 431 g/mol. The molecular weight excluding hydrogens is 403 g/mol. The van der Waals surface area contributed by atoms with Gasteiger partial charge >= 0.3 is 0 Å². The van der Waals surface area contributed by atoms with Crippen LogP contribution >= 0.6 is 0 Å². The molecular formula is C27H27FN2O2. The molecule has 0 radical (unpaired) electrons. The summed E-state index contributed by atoms with van der Waals surface area (Å²) in [5, 5.41) is 2.96. The number of rotatable bonds is 9. The van der Waals surface area contributed by atoms with Crippen molar-refractivity contribution < 1.29 is 14.0 Å². The van der Waals surface area contributed by atoms with E-state index in [-0.39, 0.29) is 23.5 Å². The van der Waals surface area contributed by atoms with Crippen LogP contribution in [0.15, 0.2) is 78.9 Å². The Hall–Kier alpha value is -3.47. The van der Waals surface area contributed by atoms with Crippen LogP contribution in [-0.2, 0) is 29.0 Å². The summed E-state index contributed by atoms with van der Waals surface area (Å²) in [6.45, 7) is 0.997. The van der Waals surface area contributed by atoms with Crippen LogP contribution in [0.1, 0.15) is 29.5 Å². The monoisotopic (exact) mass is 430 g/mol. The molecule has 1 aliphatic carbocycles. The third-order valence-corrected chi connectivity index (χ3v) is 5.64. The van der Waals surface area contributed by atoms with Gasteiger partial charge in [0.05, 0.1) is 13.0 Å². The number of hydrogen-bond donors (Lipinski definition) is 1. The molecule has 4 nitrogen and oxygen atoms in total. The highest BCUT2D eigenvalue weighted by Crippen LogP contribution is 2.33. The van der Waals surface area contributed by atoms with E-state index in [1.54, 1.807) is 17.0 Å². The van der Waals surface area contributed by atoms with Crippen molar-refractivity contribution in [3.05, 3.63) is 101 Å².